The molecule has 0 bridgehead atoms. The molecule has 2 heterocycles. The van der Waals surface area contributed by atoms with Gasteiger partial charge in [-0.05, 0) is 12.1 Å². The predicted molar refractivity (Wildman–Crippen MR) is 73.4 cm³/mol. The maximum Gasteiger partial charge on any atom is 0.271 e. The van der Waals surface area contributed by atoms with Crippen molar-refractivity contribution in [1.82, 2.24) is 9.97 Å². The third kappa shape index (κ3) is 2.30. The van der Waals surface area contributed by atoms with E-state index < -0.39 is 0 Å². The highest BCUT2D eigenvalue weighted by atomic mass is 16.3. The summed E-state index contributed by atoms with van der Waals surface area (Å²) >= 11 is 0. The van der Waals surface area contributed by atoms with Gasteiger partial charge in [0.1, 0.15) is 30.5 Å². The first-order chi connectivity index (χ1) is 9.25. The molecular weight excluding hydrogens is 240 g/mol. The van der Waals surface area contributed by atoms with Crippen LogP contribution in [-0.2, 0) is 0 Å². The highest BCUT2D eigenvalue weighted by Gasteiger charge is 2.15. The van der Waals surface area contributed by atoms with Gasteiger partial charge in [0.05, 0.1) is 14.1 Å². The van der Waals surface area contributed by atoms with E-state index in [0.29, 0.717) is 0 Å². The Balaban J connectivity index is 2.00. The van der Waals surface area contributed by atoms with Crippen molar-refractivity contribution in [1.29, 1.82) is 0 Å². The lowest BCUT2D eigenvalue weighted by atomic mass is 10.2. The second-order valence-corrected chi connectivity index (χ2v) is 4.98. The molecule has 0 fully saturated rings. The first-order valence-electron chi connectivity index (χ1n) is 6.50. The molecule has 0 amide bonds. The van der Waals surface area contributed by atoms with Crippen LogP contribution < -0.4 is 10.2 Å². The fraction of sp³-hybridized carbons (Fsp3) is 0.286. The SMILES string of the molecule is C[NH+](C)CC[NH2+]c1ncnc2c1oc1ccccc12. The van der Waals surface area contributed by atoms with Crippen molar-refractivity contribution in [3.63, 3.8) is 0 Å². The van der Waals surface area contributed by atoms with E-state index in [9.17, 15) is 0 Å². The lowest BCUT2D eigenvalue weighted by molar-refractivity contribution is -0.870. The van der Waals surface area contributed by atoms with Gasteiger partial charge in [-0.1, -0.05) is 12.1 Å². The summed E-state index contributed by atoms with van der Waals surface area (Å²) in [6, 6.07) is 7.96. The highest BCUT2D eigenvalue weighted by molar-refractivity contribution is 6.04. The number of hydrogen-bond acceptors (Lipinski definition) is 3. The van der Waals surface area contributed by atoms with E-state index in [2.05, 4.69) is 29.4 Å². The van der Waals surface area contributed by atoms with Crippen molar-refractivity contribution in [2.24, 2.45) is 0 Å². The lowest BCUT2D eigenvalue weighted by Gasteiger charge is -2.04. The van der Waals surface area contributed by atoms with Gasteiger partial charge in [-0.15, -0.1) is 0 Å². The maximum absolute atomic E-state index is 5.88. The molecule has 5 heteroatoms. The molecular formula is C14H18N4O+2. The number of hydrogen-bond donors (Lipinski definition) is 2. The minimum Gasteiger partial charge on any atom is -0.446 e. The average Bonchev–Trinajstić information content (AvgIpc) is 2.78. The summed E-state index contributed by atoms with van der Waals surface area (Å²) in [5, 5.41) is 3.17. The largest absolute Gasteiger partial charge is 0.446 e. The number of para-hydroxylation sites is 1. The Hall–Kier alpha value is -1.98. The van der Waals surface area contributed by atoms with Gasteiger partial charge in [-0.3, -0.25) is 5.32 Å². The topological polar surface area (TPSA) is 60.0 Å². The van der Waals surface area contributed by atoms with Gasteiger partial charge in [-0.25, -0.2) is 4.98 Å². The van der Waals surface area contributed by atoms with Crippen molar-refractivity contribution < 1.29 is 14.6 Å². The molecule has 2 aromatic heterocycles. The Labute approximate surface area is 111 Å². The van der Waals surface area contributed by atoms with Crippen LogP contribution in [0.4, 0.5) is 5.82 Å². The minimum atomic E-state index is 0.789. The Bertz CT molecular complexity index is 705. The second kappa shape index (κ2) is 4.95. The molecule has 1 aromatic carbocycles. The average molecular weight is 258 g/mol. The van der Waals surface area contributed by atoms with Crippen LogP contribution in [0.2, 0.25) is 0 Å². The molecule has 0 aliphatic carbocycles. The zero-order valence-corrected chi connectivity index (χ0v) is 11.2. The van der Waals surface area contributed by atoms with Crippen LogP contribution in [0, 0.1) is 0 Å². The molecule has 0 aliphatic heterocycles. The minimum absolute atomic E-state index is 0.789. The molecule has 3 aromatic rings. The molecule has 0 unspecified atom stereocenters. The molecule has 19 heavy (non-hydrogen) atoms. The lowest BCUT2D eigenvalue weighted by Crippen LogP contribution is -3.08. The van der Waals surface area contributed by atoms with Gasteiger partial charge in [-0.2, -0.15) is 4.98 Å². The summed E-state index contributed by atoms with van der Waals surface area (Å²) in [7, 11) is 4.29. The Morgan fingerprint density at radius 3 is 2.89 bits per heavy atom. The molecule has 98 valence electrons. The third-order valence-electron chi connectivity index (χ3n) is 3.17. The van der Waals surface area contributed by atoms with Crippen molar-refractivity contribution in [2.45, 2.75) is 0 Å². The van der Waals surface area contributed by atoms with Crippen molar-refractivity contribution in [3.8, 4) is 0 Å². The van der Waals surface area contributed by atoms with Crippen LogP contribution in [0.25, 0.3) is 22.1 Å². The summed E-state index contributed by atoms with van der Waals surface area (Å²) in [6.45, 7) is 2.05. The van der Waals surface area contributed by atoms with Crippen LogP contribution >= 0.6 is 0 Å². The van der Waals surface area contributed by atoms with Gasteiger partial charge in [0.15, 0.2) is 0 Å². The highest BCUT2D eigenvalue weighted by Crippen LogP contribution is 2.28. The zero-order chi connectivity index (χ0) is 13.2. The van der Waals surface area contributed by atoms with Crippen molar-refractivity contribution in [2.75, 3.05) is 27.2 Å². The quantitative estimate of drug-likeness (QED) is 0.676. The van der Waals surface area contributed by atoms with E-state index >= 15 is 0 Å². The molecule has 0 aliphatic rings. The van der Waals surface area contributed by atoms with Gasteiger partial charge >= 0.3 is 0 Å². The summed E-state index contributed by atoms with van der Waals surface area (Å²) in [4.78, 5) is 10.1. The van der Waals surface area contributed by atoms with Gasteiger partial charge in [0.2, 0.25) is 5.58 Å². The van der Waals surface area contributed by atoms with E-state index in [4.69, 9.17) is 4.42 Å². The number of furan rings is 1. The number of quaternary nitrogens is 2. The number of rotatable bonds is 4. The summed E-state index contributed by atoms with van der Waals surface area (Å²) in [5.41, 5.74) is 2.55. The monoisotopic (exact) mass is 258 g/mol. The standard InChI is InChI=1S/C14H16N4O/c1-18(2)8-7-15-14-13-12(16-9-17-14)10-5-3-4-6-11(10)19-13/h3-6,9H,7-8H2,1-2H3,(H,15,16,17)/p+2. The Kier molecular flexibility index (Phi) is 3.15. The second-order valence-electron chi connectivity index (χ2n) is 4.98. The molecule has 3 N–H and O–H groups in total. The number of likely N-dealkylation sites (N-methyl/N-ethyl adjacent to an activating group) is 1. The first-order valence-corrected chi connectivity index (χ1v) is 6.50. The Morgan fingerprint density at radius 1 is 1.21 bits per heavy atom. The first kappa shape index (κ1) is 12.1. The summed E-state index contributed by atoms with van der Waals surface area (Å²) in [6.07, 6.45) is 1.61. The fourth-order valence-electron chi connectivity index (χ4n) is 2.18. The van der Waals surface area contributed by atoms with Crippen molar-refractivity contribution >= 4 is 27.9 Å². The van der Waals surface area contributed by atoms with Crippen LogP contribution in [0.15, 0.2) is 35.0 Å². The number of benzene rings is 1. The van der Waals surface area contributed by atoms with E-state index in [1.807, 2.05) is 24.3 Å². The van der Waals surface area contributed by atoms with Crippen LogP contribution in [-0.4, -0.2) is 37.2 Å². The molecule has 0 spiro atoms. The summed E-state index contributed by atoms with van der Waals surface area (Å²) < 4.78 is 5.88. The normalized spacial score (nSPS) is 11.7. The number of fused-ring (bicyclic) bond motifs is 3. The van der Waals surface area contributed by atoms with E-state index in [1.54, 1.807) is 6.33 Å². The number of aromatic nitrogens is 2. The molecule has 3 rings (SSSR count). The summed E-state index contributed by atoms with van der Waals surface area (Å²) in [5.74, 6) is 0.891. The molecule has 0 atom stereocenters. The Morgan fingerprint density at radius 2 is 2.05 bits per heavy atom. The van der Waals surface area contributed by atoms with Crippen LogP contribution in [0.5, 0.6) is 0 Å². The maximum atomic E-state index is 5.88. The van der Waals surface area contributed by atoms with Crippen LogP contribution in [0.1, 0.15) is 0 Å². The predicted octanol–water partition coefficient (Wildman–Crippen LogP) is -0.285. The zero-order valence-electron chi connectivity index (χ0n) is 11.2. The van der Waals surface area contributed by atoms with Crippen LogP contribution in [0.3, 0.4) is 0 Å². The van der Waals surface area contributed by atoms with Gasteiger partial charge in [0.25, 0.3) is 5.82 Å². The number of nitrogens with zero attached hydrogens (tertiary/aromatic N) is 2. The number of nitrogens with two attached hydrogens (primary N) is 1. The van der Waals surface area contributed by atoms with E-state index in [1.165, 1.54) is 4.90 Å². The van der Waals surface area contributed by atoms with E-state index in [-0.39, 0.29) is 0 Å². The molecule has 0 radical (unpaired) electrons. The molecule has 0 saturated heterocycles. The molecule has 5 nitrogen and oxygen atoms in total. The fourth-order valence-corrected chi connectivity index (χ4v) is 2.18. The van der Waals surface area contributed by atoms with Crippen molar-refractivity contribution in [3.05, 3.63) is 30.6 Å². The van der Waals surface area contributed by atoms with E-state index in [0.717, 1.165) is 41.0 Å². The molecule has 0 saturated carbocycles. The van der Waals surface area contributed by atoms with Gasteiger partial charge in [0, 0.05) is 5.39 Å². The third-order valence-corrected chi connectivity index (χ3v) is 3.17. The number of nitrogens with one attached hydrogen (secondary N) is 1. The smallest absolute Gasteiger partial charge is 0.271 e. The van der Waals surface area contributed by atoms with Gasteiger partial charge < -0.3 is 9.32 Å².